The molecule has 0 radical (unpaired) electrons. The van der Waals surface area contributed by atoms with Gasteiger partial charge in [0.15, 0.2) is 0 Å². The predicted molar refractivity (Wildman–Crippen MR) is 68.5 cm³/mol. The highest BCUT2D eigenvalue weighted by Gasteiger charge is 2.25. The largest absolute Gasteiger partial charge is 0.316 e. The van der Waals surface area contributed by atoms with Gasteiger partial charge < -0.3 is 9.97 Å². The van der Waals surface area contributed by atoms with Gasteiger partial charge in [-0.05, 0) is 37.3 Å². The van der Waals surface area contributed by atoms with Crippen LogP contribution >= 0.6 is 0 Å². The standard InChI is InChI=1S/C12H11N3O4/c16-11-12(17)14-9-8(13-11)5-6-3-1-2-4-7(6)10(9)15(18)19/h5H,1-4H2,(H,13,16)(H,14,17). The minimum absolute atomic E-state index is 0.0828. The van der Waals surface area contributed by atoms with Crippen LogP contribution in [0.3, 0.4) is 0 Å². The molecule has 0 atom stereocenters. The van der Waals surface area contributed by atoms with Crippen molar-refractivity contribution in [1.82, 2.24) is 9.97 Å². The average molecular weight is 261 g/mol. The first-order chi connectivity index (χ1) is 9.08. The third-order valence-corrected chi connectivity index (χ3v) is 3.50. The number of nitrogens with zero attached hydrogens (tertiary/aromatic N) is 1. The Hall–Kier alpha value is -2.44. The van der Waals surface area contributed by atoms with E-state index in [2.05, 4.69) is 9.97 Å². The van der Waals surface area contributed by atoms with Crippen LogP contribution < -0.4 is 11.1 Å². The molecule has 1 aromatic heterocycles. The molecule has 1 aliphatic rings. The van der Waals surface area contributed by atoms with E-state index in [0.29, 0.717) is 17.5 Å². The first-order valence-corrected chi connectivity index (χ1v) is 6.03. The van der Waals surface area contributed by atoms with Gasteiger partial charge in [-0.25, -0.2) is 0 Å². The second kappa shape index (κ2) is 4.04. The molecule has 0 unspecified atom stereocenters. The van der Waals surface area contributed by atoms with Crippen molar-refractivity contribution in [2.75, 3.05) is 0 Å². The van der Waals surface area contributed by atoms with Crippen LogP contribution in [-0.2, 0) is 12.8 Å². The molecule has 0 saturated carbocycles. The summed E-state index contributed by atoms with van der Waals surface area (Å²) in [6, 6.07) is 1.73. The minimum atomic E-state index is -0.869. The first-order valence-electron chi connectivity index (χ1n) is 6.03. The monoisotopic (exact) mass is 261 g/mol. The number of nitrogens with one attached hydrogen (secondary N) is 2. The minimum Gasteiger partial charge on any atom is -0.316 e. The van der Waals surface area contributed by atoms with Gasteiger partial charge in [-0.15, -0.1) is 0 Å². The van der Waals surface area contributed by atoms with Gasteiger partial charge in [0.25, 0.3) is 5.69 Å². The van der Waals surface area contributed by atoms with E-state index in [4.69, 9.17) is 0 Å². The Balaban J connectivity index is 2.49. The summed E-state index contributed by atoms with van der Waals surface area (Å²) in [4.78, 5) is 38.2. The quantitative estimate of drug-likeness (QED) is 0.453. The Morgan fingerprint density at radius 3 is 2.53 bits per heavy atom. The smallest absolute Gasteiger partial charge is 0.314 e. The number of nitro benzene ring substituents is 1. The fourth-order valence-electron chi connectivity index (χ4n) is 2.66. The van der Waals surface area contributed by atoms with Crippen LogP contribution in [0.5, 0.6) is 0 Å². The lowest BCUT2D eigenvalue weighted by Crippen LogP contribution is -2.29. The second-order valence-corrected chi connectivity index (χ2v) is 4.66. The van der Waals surface area contributed by atoms with E-state index >= 15 is 0 Å². The van der Waals surface area contributed by atoms with Crippen LogP contribution in [0.25, 0.3) is 11.0 Å². The number of hydrogen-bond acceptors (Lipinski definition) is 4. The highest BCUT2D eigenvalue weighted by molar-refractivity contribution is 5.86. The lowest BCUT2D eigenvalue weighted by molar-refractivity contribution is -0.384. The van der Waals surface area contributed by atoms with Crippen LogP contribution in [-0.4, -0.2) is 14.9 Å². The molecular weight excluding hydrogens is 250 g/mol. The fourth-order valence-corrected chi connectivity index (χ4v) is 2.66. The number of H-pyrrole nitrogens is 2. The zero-order chi connectivity index (χ0) is 13.6. The molecule has 3 rings (SSSR count). The molecule has 0 spiro atoms. The van der Waals surface area contributed by atoms with Crippen LogP contribution in [0.15, 0.2) is 15.7 Å². The van der Waals surface area contributed by atoms with Crippen molar-refractivity contribution in [2.24, 2.45) is 0 Å². The number of nitro groups is 1. The van der Waals surface area contributed by atoms with Crippen molar-refractivity contribution >= 4 is 16.7 Å². The molecule has 98 valence electrons. The molecule has 7 nitrogen and oxygen atoms in total. The topological polar surface area (TPSA) is 109 Å². The maximum atomic E-state index is 11.4. The Morgan fingerprint density at radius 1 is 1.11 bits per heavy atom. The van der Waals surface area contributed by atoms with Gasteiger partial charge in [0.1, 0.15) is 5.52 Å². The van der Waals surface area contributed by atoms with Crippen molar-refractivity contribution in [1.29, 1.82) is 0 Å². The number of fused-ring (bicyclic) bond motifs is 2. The number of benzene rings is 1. The molecule has 1 aliphatic carbocycles. The molecule has 2 aromatic rings. The molecule has 7 heteroatoms. The normalized spacial score (nSPS) is 14.3. The predicted octanol–water partition coefficient (Wildman–Crippen LogP) is 1.00. The fraction of sp³-hybridized carbons (Fsp3) is 0.333. The van der Waals surface area contributed by atoms with E-state index in [1.165, 1.54) is 0 Å². The molecular formula is C12H11N3O4. The molecule has 0 saturated heterocycles. The van der Waals surface area contributed by atoms with Gasteiger partial charge in [0, 0.05) is 5.56 Å². The SMILES string of the molecule is O=c1[nH]c2cc3c(c([N+](=O)[O-])c2[nH]c1=O)CCCC3. The summed E-state index contributed by atoms with van der Waals surface area (Å²) in [6.07, 6.45) is 3.26. The van der Waals surface area contributed by atoms with Crippen LogP contribution in [0.1, 0.15) is 24.0 Å². The first kappa shape index (κ1) is 11.6. The van der Waals surface area contributed by atoms with Gasteiger partial charge in [-0.2, -0.15) is 0 Å². The Kier molecular flexibility index (Phi) is 2.48. The summed E-state index contributed by atoms with van der Waals surface area (Å²) in [7, 11) is 0. The van der Waals surface area contributed by atoms with Crippen molar-refractivity contribution in [3.05, 3.63) is 48.0 Å². The molecule has 1 aromatic carbocycles. The molecule has 0 fully saturated rings. The summed E-state index contributed by atoms with van der Waals surface area (Å²) in [5.74, 6) is 0. The number of hydrogen-bond donors (Lipinski definition) is 2. The Bertz CT molecular complexity index is 803. The van der Waals surface area contributed by atoms with E-state index in [1.54, 1.807) is 6.07 Å². The highest BCUT2D eigenvalue weighted by atomic mass is 16.6. The molecule has 1 heterocycles. The van der Waals surface area contributed by atoms with Gasteiger partial charge in [0.2, 0.25) is 0 Å². The second-order valence-electron chi connectivity index (χ2n) is 4.66. The number of aromatic nitrogens is 2. The number of aryl methyl sites for hydroxylation is 1. The van der Waals surface area contributed by atoms with Crippen molar-refractivity contribution in [2.45, 2.75) is 25.7 Å². The van der Waals surface area contributed by atoms with Gasteiger partial charge in [-0.1, -0.05) is 0 Å². The lowest BCUT2D eigenvalue weighted by Gasteiger charge is -2.16. The lowest BCUT2D eigenvalue weighted by atomic mass is 9.89. The van der Waals surface area contributed by atoms with Crippen LogP contribution in [0.4, 0.5) is 5.69 Å². The molecule has 19 heavy (non-hydrogen) atoms. The van der Waals surface area contributed by atoms with E-state index < -0.39 is 16.0 Å². The molecule has 0 bridgehead atoms. The zero-order valence-electron chi connectivity index (χ0n) is 9.99. The summed E-state index contributed by atoms with van der Waals surface area (Å²) in [5.41, 5.74) is 0.233. The summed E-state index contributed by atoms with van der Waals surface area (Å²) < 4.78 is 0. The number of rotatable bonds is 1. The zero-order valence-corrected chi connectivity index (χ0v) is 9.99. The highest BCUT2D eigenvalue weighted by Crippen LogP contribution is 2.34. The van der Waals surface area contributed by atoms with Crippen molar-refractivity contribution in [3.63, 3.8) is 0 Å². The summed E-state index contributed by atoms with van der Waals surface area (Å²) >= 11 is 0. The maximum absolute atomic E-state index is 11.4. The van der Waals surface area contributed by atoms with Gasteiger partial charge >= 0.3 is 11.1 Å². The van der Waals surface area contributed by atoms with E-state index in [0.717, 1.165) is 24.8 Å². The van der Waals surface area contributed by atoms with Crippen LogP contribution in [0, 0.1) is 10.1 Å². The Morgan fingerprint density at radius 2 is 1.79 bits per heavy atom. The van der Waals surface area contributed by atoms with E-state index in [1.807, 2.05) is 0 Å². The Labute approximate surface area is 106 Å². The van der Waals surface area contributed by atoms with Crippen LogP contribution in [0.2, 0.25) is 0 Å². The number of aromatic amines is 2. The molecule has 0 amide bonds. The third-order valence-electron chi connectivity index (χ3n) is 3.50. The van der Waals surface area contributed by atoms with E-state index in [-0.39, 0.29) is 11.2 Å². The average Bonchev–Trinajstić information content (AvgIpc) is 2.37. The molecule has 0 aliphatic heterocycles. The van der Waals surface area contributed by atoms with Gasteiger partial charge in [-0.3, -0.25) is 19.7 Å². The van der Waals surface area contributed by atoms with Gasteiger partial charge in [0.05, 0.1) is 10.4 Å². The third kappa shape index (κ3) is 1.74. The van der Waals surface area contributed by atoms with Crippen molar-refractivity contribution in [3.8, 4) is 0 Å². The van der Waals surface area contributed by atoms with E-state index in [9.17, 15) is 19.7 Å². The summed E-state index contributed by atoms with van der Waals surface area (Å²) in [6.45, 7) is 0. The summed E-state index contributed by atoms with van der Waals surface area (Å²) in [5, 5.41) is 11.3. The maximum Gasteiger partial charge on any atom is 0.314 e. The molecule has 2 N–H and O–H groups in total. The van der Waals surface area contributed by atoms with Crippen molar-refractivity contribution < 1.29 is 4.92 Å².